The van der Waals surface area contributed by atoms with Gasteiger partial charge in [0, 0.05) is 5.56 Å². The van der Waals surface area contributed by atoms with Crippen LogP contribution in [0.15, 0.2) is 12.1 Å². The number of phenolic OH excluding ortho intramolecular Hbond substituents is 1. The molecule has 0 aliphatic carbocycles. The molecular weight excluding hydrogens is 174 g/mol. The van der Waals surface area contributed by atoms with Gasteiger partial charge < -0.3 is 5.11 Å². The number of benzene rings is 1. The van der Waals surface area contributed by atoms with Gasteiger partial charge in [0.25, 0.3) is 0 Å². The van der Waals surface area contributed by atoms with E-state index in [0.717, 1.165) is 22.6 Å². The summed E-state index contributed by atoms with van der Waals surface area (Å²) >= 11 is 0. The Morgan fingerprint density at radius 1 is 1.36 bits per heavy atom. The van der Waals surface area contributed by atoms with E-state index >= 15 is 0 Å². The summed E-state index contributed by atoms with van der Waals surface area (Å²) in [5.74, 6) is 0.392. The van der Waals surface area contributed by atoms with Gasteiger partial charge in [0.2, 0.25) is 0 Å². The van der Waals surface area contributed by atoms with Crippen molar-refractivity contribution < 1.29 is 5.11 Å². The van der Waals surface area contributed by atoms with Crippen LogP contribution >= 0.6 is 18.5 Å². The zero-order valence-corrected chi connectivity index (χ0v) is 8.77. The largest absolute Gasteiger partial charge is 0.508 e. The van der Waals surface area contributed by atoms with E-state index in [0.29, 0.717) is 5.75 Å². The first-order valence-corrected chi connectivity index (χ1v) is 4.68. The van der Waals surface area contributed by atoms with Crippen LogP contribution in [0.25, 0.3) is 0 Å². The Bertz CT molecular complexity index is 271. The van der Waals surface area contributed by atoms with Gasteiger partial charge in [-0.15, -0.1) is 18.5 Å². The third-order valence-electron chi connectivity index (χ3n) is 1.72. The van der Waals surface area contributed by atoms with Gasteiger partial charge >= 0.3 is 0 Å². The minimum Gasteiger partial charge on any atom is -0.508 e. The number of hydrogen-bond donors (Lipinski definition) is 1. The highest BCUT2D eigenvalue weighted by Gasteiger charge is 2.03. The van der Waals surface area contributed by atoms with Gasteiger partial charge in [0.15, 0.2) is 0 Å². The molecule has 1 N–H and O–H groups in total. The lowest BCUT2D eigenvalue weighted by Gasteiger charge is -2.07. The van der Waals surface area contributed by atoms with Crippen molar-refractivity contribution in [2.24, 2.45) is 0 Å². The average Bonchev–Trinajstić information content (AvgIpc) is 1.99. The van der Waals surface area contributed by atoms with Crippen molar-refractivity contribution in [2.45, 2.75) is 13.3 Å². The molecule has 1 aromatic rings. The zero-order valence-electron chi connectivity index (χ0n) is 6.46. The second-order valence-electron chi connectivity index (χ2n) is 2.42. The van der Waals surface area contributed by atoms with Crippen molar-refractivity contribution in [2.75, 3.05) is 0 Å². The van der Waals surface area contributed by atoms with Crippen molar-refractivity contribution >= 4 is 29.1 Å². The molecule has 0 fully saturated rings. The first kappa shape index (κ1) is 8.97. The fourth-order valence-electron chi connectivity index (χ4n) is 1.04. The molecule has 2 unspecified atom stereocenters. The van der Waals surface area contributed by atoms with E-state index in [9.17, 15) is 5.11 Å². The molecule has 0 amide bonds. The van der Waals surface area contributed by atoms with Gasteiger partial charge in [-0.1, -0.05) is 13.0 Å². The summed E-state index contributed by atoms with van der Waals surface area (Å²) in [7, 11) is 5.28. The fourth-order valence-corrected chi connectivity index (χ4v) is 1.76. The van der Waals surface area contributed by atoms with Crippen LogP contribution in [0.1, 0.15) is 12.5 Å². The first-order valence-electron chi connectivity index (χ1n) is 3.52. The van der Waals surface area contributed by atoms with Crippen LogP contribution in [0.2, 0.25) is 0 Å². The predicted octanol–water partition coefficient (Wildman–Crippen LogP) is 0.955. The lowest BCUT2D eigenvalue weighted by atomic mass is 10.1. The third kappa shape index (κ3) is 1.72. The van der Waals surface area contributed by atoms with Gasteiger partial charge in [-0.3, -0.25) is 0 Å². The van der Waals surface area contributed by atoms with Gasteiger partial charge in [-0.25, -0.2) is 0 Å². The quantitative estimate of drug-likeness (QED) is 0.647. The molecule has 1 nitrogen and oxygen atoms in total. The monoisotopic (exact) mass is 186 g/mol. The second kappa shape index (κ2) is 3.52. The zero-order chi connectivity index (χ0) is 8.43. The molecule has 11 heavy (non-hydrogen) atoms. The topological polar surface area (TPSA) is 20.2 Å². The maximum absolute atomic E-state index is 9.39. The molecule has 0 heterocycles. The SMILES string of the molecule is CCc1c(O)ccc(P)c1P. The van der Waals surface area contributed by atoms with Crippen LogP contribution in [0, 0.1) is 0 Å². The maximum Gasteiger partial charge on any atom is 0.119 e. The Morgan fingerprint density at radius 2 is 2.00 bits per heavy atom. The summed E-state index contributed by atoms with van der Waals surface area (Å²) in [4.78, 5) is 0. The van der Waals surface area contributed by atoms with E-state index in [2.05, 4.69) is 18.5 Å². The molecule has 0 spiro atoms. The summed E-state index contributed by atoms with van der Waals surface area (Å²) in [6, 6.07) is 3.62. The molecule has 2 atom stereocenters. The van der Waals surface area contributed by atoms with E-state index in [4.69, 9.17) is 0 Å². The number of hydrogen-bond acceptors (Lipinski definition) is 1. The predicted molar refractivity (Wildman–Crippen MR) is 56.2 cm³/mol. The molecule has 60 valence electrons. The van der Waals surface area contributed by atoms with Crippen LogP contribution in [-0.4, -0.2) is 5.11 Å². The van der Waals surface area contributed by atoms with Crippen LogP contribution in [0.4, 0.5) is 0 Å². The lowest BCUT2D eigenvalue weighted by molar-refractivity contribution is 0.470. The second-order valence-corrected chi connectivity index (χ2v) is 3.62. The Kier molecular flexibility index (Phi) is 2.87. The molecule has 0 saturated carbocycles. The fraction of sp³-hybridized carbons (Fsp3) is 0.250. The normalized spacial score (nSPS) is 10.1. The minimum atomic E-state index is 0.392. The Hall–Kier alpha value is -0.120. The van der Waals surface area contributed by atoms with E-state index in [1.807, 2.05) is 13.0 Å². The molecule has 0 radical (unpaired) electrons. The third-order valence-corrected chi connectivity index (χ3v) is 3.24. The number of aromatic hydroxyl groups is 1. The molecule has 0 bridgehead atoms. The molecule has 1 aromatic carbocycles. The Balaban J connectivity index is 3.29. The lowest BCUT2D eigenvalue weighted by Crippen LogP contribution is -2.15. The maximum atomic E-state index is 9.39. The van der Waals surface area contributed by atoms with Gasteiger partial charge in [0.1, 0.15) is 5.75 Å². The summed E-state index contributed by atoms with van der Waals surface area (Å²) < 4.78 is 0. The van der Waals surface area contributed by atoms with E-state index < -0.39 is 0 Å². The smallest absolute Gasteiger partial charge is 0.119 e. The molecule has 0 aliphatic heterocycles. The van der Waals surface area contributed by atoms with Crippen LogP contribution in [0.3, 0.4) is 0 Å². The molecule has 3 heteroatoms. The average molecular weight is 186 g/mol. The molecular formula is C8H12OP2. The standard InChI is InChI=1S/C8H12OP2/c1-2-5-6(9)3-4-7(10)8(5)11/h3-4,9H,2,10-11H2,1H3. The van der Waals surface area contributed by atoms with Crippen LogP contribution < -0.4 is 10.6 Å². The molecule has 0 aromatic heterocycles. The summed E-state index contributed by atoms with van der Waals surface area (Å²) in [6.45, 7) is 2.03. The molecule has 0 aliphatic rings. The highest BCUT2D eigenvalue weighted by molar-refractivity contribution is 7.36. The van der Waals surface area contributed by atoms with E-state index in [1.54, 1.807) is 6.07 Å². The minimum absolute atomic E-state index is 0.392. The first-order chi connectivity index (χ1) is 5.16. The highest BCUT2D eigenvalue weighted by atomic mass is 31.0. The van der Waals surface area contributed by atoms with Crippen molar-refractivity contribution in [3.8, 4) is 5.75 Å². The van der Waals surface area contributed by atoms with Gasteiger partial charge in [-0.2, -0.15) is 0 Å². The number of phenols is 1. The van der Waals surface area contributed by atoms with Gasteiger partial charge in [-0.05, 0) is 23.1 Å². The van der Waals surface area contributed by atoms with Crippen molar-refractivity contribution in [1.29, 1.82) is 0 Å². The summed E-state index contributed by atoms with van der Waals surface area (Å²) in [6.07, 6.45) is 0.868. The summed E-state index contributed by atoms with van der Waals surface area (Å²) in [5.41, 5.74) is 1.02. The van der Waals surface area contributed by atoms with Crippen LogP contribution in [0.5, 0.6) is 5.75 Å². The van der Waals surface area contributed by atoms with Crippen LogP contribution in [-0.2, 0) is 6.42 Å². The molecule has 0 saturated heterocycles. The summed E-state index contributed by atoms with van der Waals surface area (Å²) in [5, 5.41) is 11.6. The Labute approximate surface area is 71.6 Å². The van der Waals surface area contributed by atoms with Crippen molar-refractivity contribution in [1.82, 2.24) is 0 Å². The van der Waals surface area contributed by atoms with Crippen molar-refractivity contribution in [3.05, 3.63) is 17.7 Å². The highest BCUT2D eigenvalue weighted by Crippen LogP contribution is 2.16. The number of rotatable bonds is 1. The Morgan fingerprint density at radius 3 is 2.45 bits per heavy atom. The van der Waals surface area contributed by atoms with Crippen molar-refractivity contribution in [3.63, 3.8) is 0 Å². The van der Waals surface area contributed by atoms with Gasteiger partial charge in [0.05, 0.1) is 0 Å². The van der Waals surface area contributed by atoms with E-state index in [-0.39, 0.29) is 0 Å². The molecule has 1 rings (SSSR count). The van der Waals surface area contributed by atoms with E-state index in [1.165, 1.54) is 0 Å².